The molecular formula is C8H8N2O3. The molecule has 2 aromatic rings. The Morgan fingerprint density at radius 2 is 2.38 bits per heavy atom. The third kappa shape index (κ3) is 1.33. The maximum absolute atomic E-state index is 8.69. The molecule has 0 aliphatic carbocycles. The minimum atomic E-state index is -0.257. The molecule has 2 rings (SSSR count). The Morgan fingerprint density at radius 3 is 2.92 bits per heavy atom. The summed E-state index contributed by atoms with van der Waals surface area (Å²) in [7, 11) is 0. The Balaban J connectivity index is 2.41. The summed E-state index contributed by atoms with van der Waals surface area (Å²) in [6.45, 7) is 1.63. The van der Waals surface area contributed by atoms with Gasteiger partial charge in [0.2, 0.25) is 5.82 Å². The summed E-state index contributed by atoms with van der Waals surface area (Å²) < 4.78 is 9.86. The number of aromatic nitrogens is 2. The Hall–Kier alpha value is -1.62. The van der Waals surface area contributed by atoms with Crippen molar-refractivity contribution in [2.45, 2.75) is 13.5 Å². The van der Waals surface area contributed by atoms with E-state index in [1.807, 2.05) is 13.0 Å². The number of rotatable bonds is 2. The van der Waals surface area contributed by atoms with E-state index in [4.69, 9.17) is 14.0 Å². The average Bonchev–Trinajstić information content (AvgIpc) is 2.71. The lowest BCUT2D eigenvalue weighted by atomic mass is 10.3. The topological polar surface area (TPSA) is 72.3 Å². The van der Waals surface area contributed by atoms with Crippen molar-refractivity contribution in [3.8, 4) is 11.6 Å². The van der Waals surface area contributed by atoms with Gasteiger partial charge in [-0.15, -0.1) is 0 Å². The molecule has 1 N–H and O–H groups in total. The predicted molar refractivity (Wildman–Crippen MR) is 42.7 cm³/mol. The van der Waals surface area contributed by atoms with Gasteiger partial charge in [0, 0.05) is 0 Å². The fourth-order valence-electron chi connectivity index (χ4n) is 1.01. The molecule has 0 radical (unpaired) electrons. The Morgan fingerprint density at radius 1 is 1.54 bits per heavy atom. The molecule has 0 spiro atoms. The highest BCUT2D eigenvalue weighted by atomic mass is 16.5. The molecule has 0 unspecified atom stereocenters. The van der Waals surface area contributed by atoms with E-state index in [9.17, 15) is 0 Å². The largest absolute Gasteiger partial charge is 0.461 e. The van der Waals surface area contributed by atoms with Crippen molar-refractivity contribution >= 4 is 0 Å². The second kappa shape index (κ2) is 3.02. The van der Waals surface area contributed by atoms with Gasteiger partial charge in [0.25, 0.3) is 5.89 Å². The van der Waals surface area contributed by atoms with E-state index in [0.29, 0.717) is 11.6 Å². The van der Waals surface area contributed by atoms with Gasteiger partial charge in [0.15, 0.2) is 5.76 Å². The molecule has 0 bridgehead atoms. The molecule has 68 valence electrons. The smallest absolute Gasteiger partial charge is 0.252 e. The molecule has 13 heavy (non-hydrogen) atoms. The number of aliphatic hydroxyl groups is 1. The molecule has 0 aliphatic heterocycles. The van der Waals surface area contributed by atoms with Crippen LogP contribution < -0.4 is 0 Å². The zero-order valence-electron chi connectivity index (χ0n) is 7.02. The summed E-state index contributed by atoms with van der Waals surface area (Å²) in [6, 6.07) is 1.81. The molecule has 0 aliphatic rings. The molecular weight excluding hydrogens is 172 g/mol. The number of aryl methyl sites for hydroxylation is 1. The van der Waals surface area contributed by atoms with Crippen LogP contribution in [-0.2, 0) is 6.61 Å². The van der Waals surface area contributed by atoms with Gasteiger partial charge in [0.05, 0.1) is 6.26 Å². The van der Waals surface area contributed by atoms with Gasteiger partial charge in [-0.05, 0) is 18.6 Å². The Labute approximate surface area is 74.0 Å². The summed E-state index contributed by atoms with van der Waals surface area (Å²) in [5, 5.41) is 12.3. The molecule has 5 nitrogen and oxygen atoms in total. The Kier molecular flexibility index (Phi) is 1.86. The number of hydrogen-bond donors (Lipinski definition) is 1. The molecule has 2 heterocycles. The van der Waals surface area contributed by atoms with Crippen LogP contribution in [0.25, 0.3) is 11.6 Å². The third-order valence-electron chi connectivity index (χ3n) is 1.67. The van der Waals surface area contributed by atoms with Crippen molar-refractivity contribution in [1.82, 2.24) is 10.1 Å². The molecule has 5 heteroatoms. The lowest BCUT2D eigenvalue weighted by Gasteiger charge is -1.87. The van der Waals surface area contributed by atoms with Gasteiger partial charge in [-0.3, -0.25) is 0 Å². The SMILES string of the molecule is Cc1ccoc1-c1noc(CO)n1. The molecule has 2 aromatic heterocycles. The molecule has 0 saturated heterocycles. The van der Waals surface area contributed by atoms with Crippen LogP contribution in [-0.4, -0.2) is 15.2 Å². The number of aliphatic hydroxyl groups excluding tert-OH is 1. The van der Waals surface area contributed by atoms with Crippen LogP contribution in [0.3, 0.4) is 0 Å². The summed E-state index contributed by atoms with van der Waals surface area (Å²) in [6.07, 6.45) is 1.56. The van der Waals surface area contributed by atoms with Crippen molar-refractivity contribution in [2.24, 2.45) is 0 Å². The van der Waals surface area contributed by atoms with Crippen LogP contribution in [0.2, 0.25) is 0 Å². The molecule has 0 aromatic carbocycles. The monoisotopic (exact) mass is 180 g/mol. The quantitative estimate of drug-likeness (QED) is 0.749. The summed E-state index contributed by atoms with van der Waals surface area (Å²) in [5.41, 5.74) is 0.935. The fraction of sp³-hybridized carbons (Fsp3) is 0.250. The van der Waals surface area contributed by atoms with Crippen LogP contribution in [0.1, 0.15) is 11.5 Å². The third-order valence-corrected chi connectivity index (χ3v) is 1.67. The summed E-state index contributed by atoms with van der Waals surface area (Å²) in [5.74, 6) is 1.13. The van der Waals surface area contributed by atoms with Crippen molar-refractivity contribution < 1.29 is 14.0 Å². The number of furan rings is 1. The second-order valence-corrected chi connectivity index (χ2v) is 2.60. The highest BCUT2D eigenvalue weighted by Crippen LogP contribution is 2.20. The Bertz CT molecular complexity index is 405. The lowest BCUT2D eigenvalue weighted by Crippen LogP contribution is -1.83. The van der Waals surface area contributed by atoms with Crippen LogP contribution in [0.15, 0.2) is 21.3 Å². The zero-order valence-corrected chi connectivity index (χ0v) is 7.02. The minimum absolute atomic E-state index is 0.186. The van der Waals surface area contributed by atoms with Crippen molar-refractivity contribution in [3.63, 3.8) is 0 Å². The summed E-state index contributed by atoms with van der Waals surface area (Å²) in [4.78, 5) is 3.91. The number of hydrogen-bond acceptors (Lipinski definition) is 5. The van der Waals surface area contributed by atoms with E-state index in [2.05, 4.69) is 10.1 Å². The van der Waals surface area contributed by atoms with E-state index in [1.165, 1.54) is 0 Å². The van der Waals surface area contributed by atoms with E-state index < -0.39 is 0 Å². The zero-order chi connectivity index (χ0) is 9.26. The van der Waals surface area contributed by atoms with Crippen LogP contribution in [0.4, 0.5) is 0 Å². The maximum atomic E-state index is 8.69. The average molecular weight is 180 g/mol. The standard InChI is InChI=1S/C8H8N2O3/c1-5-2-3-12-7(5)8-9-6(4-11)13-10-8/h2-3,11H,4H2,1H3. The van der Waals surface area contributed by atoms with Gasteiger partial charge < -0.3 is 14.0 Å². The normalized spacial score (nSPS) is 10.6. The lowest BCUT2D eigenvalue weighted by molar-refractivity contribution is 0.222. The first-order chi connectivity index (χ1) is 6.31. The first-order valence-corrected chi connectivity index (χ1v) is 3.79. The first kappa shape index (κ1) is 8.00. The molecule has 0 fully saturated rings. The van der Waals surface area contributed by atoms with Crippen LogP contribution >= 0.6 is 0 Å². The van der Waals surface area contributed by atoms with E-state index in [1.54, 1.807) is 6.26 Å². The van der Waals surface area contributed by atoms with Crippen LogP contribution in [0.5, 0.6) is 0 Å². The maximum Gasteiger partial charge on any atom is 0.252 e. The van der Waals surface area contributed by atoms with Gasteiger partial charge in [-0.2, -0.15) is 4.98 Å². The molecule has 0 atom stereocenters. The van der Waals surface area contributed by atoms with Gasteiger partial charge in [0.1, 0.15) is 6.61 Å². The molecule has 0 saturated carbocycles. The fourth-order valence-corrected chi connectivity index (χ4v) is 1.01. The van der Waals surface area contributed by atoms with Crippen LogP contribution in [0, 0.1) is 6.92 Å². The first-order valence-electron chi connectivity index (χ1n) is 3.79. The van der Waals surface area contributed by atoms with Gasteiger partial charge in [-0.25, -0.2) is 0 Å². The second-order valence-electron chi connectivity index (χ2n) is 2.60. The van der Waals surface area contributed by atoms with E-state index in [0.717, 1.165) is 5.56 Å². The summed E-state index contributed by atoms with van der Waals surface area (Å²) >= 11 is 0. The van der Waals surface area contributed by atoms with Crippen molar-refractivity contribution in [1.29, 1.82) is 0 Å². The highest BCUT2D eigenvalue weighted by Gasteiger charge is 2.12. The van der Waals surface area contributed by atoms with Gasteiger partial charge >= 0.3 is 0 Å². The van der Waals surface area contributed by atoms with E-state index >= 15 is 0 Å². The number of nitrogens with zero attached hydrogens (tertiary/aromatic N) is 2. The van der Waals surface area contributed by atoms with Gasteiger partial charge in [-0.1, -0.05) is 5.16 Å². The predicted octanol–water partition coefficient (Wildman–Crippen LogP) is 1.13. The van der Waals surface area contributed by atoms with Crippen molar-refractivity contribution in [2.75, 3.05) is 0 Å². The highest BCUT2D eigenvalue weighted by molar-refractivity contribution is 5.50. The van der Waals surface area contributed by atoms with E-state index in [-0.39, 0.29) is 12.5 Å². The van der Waals surface area contributed by atoms with Crippen molar-refractivity contribution in [3.05, 3.63) is 23.8 Å². The molecule has 0 amide bonds. The minimum Gasteiger partial charge on any atom is -0.461 e.